The third-order valence-electron chi connectivity index (χ3n) is 3.55. The first-order valence-corrected chi connectivity index (χ1v) is 7.25. The van der Waals surface area contributed by atoms with Crippen LogP contribution in [0.2, 0.25) is 0 Å². The molecule has 122 valence electrons. The lowest BCUT2D eigenvalue weighted by Crippen LogP contribution is -2.17. The summed E-state index contributed by atoms with van der Waals surface area (Å²) in [4.78, 5) is 40.5. The van der Waals surface area contributed by atoms with Gasteiger partial charge >= 0.3 is 11.7 Å². The summed E-state index contributed by atoms with van der Waals surface area (Å²) < 4.78 is 4.70. The number of fused-ring (bicyclic) bond motifs is 1. The van der Waals surface area contributed by atoms with Gasteiger partial charge in [0.1, 0.15) is 0 Å². The van der Waals surface area contributed by atoms with Crippen molar-refractivity contribution in [2.75, 3.05) is 12.4 Å². The molecule has 0 saturated carbocycles. The number of hydrogen-bond donors (Lipinski definition) is 3. The number of methoxy groups -OCH3 is 1. The molecule has 0 saturated heterocycles. The second-order valence-corrected chi connectivity index (χ2v) is 5.22. The van der Waals surface area contributed by atoms with E-state index in [4.69, 9.17) is 4.74 Å². The highest BCUT2D eigenvalue weighted by molar-refractivity contribution is 6.01. The van der Waals surface area contributed by atoms with Gasteiger partial charge in [0.15, 0.2) is 0 Å². The zero-order valence-corrected chi connectivity index (χ0v) is 12.9. The zero-order chi connectivity index (χ0) is 17.1. The van der Waals surface area contributed by atoms with Gasteiger partial charge in [0.2, 0.25) is 5.91 Å². The Morgan fingerprint density at radius 2 is 1.83 bits per heavy atom. The molecule has 1 aromatic heterocycles. The minimum Gasteiger partial charge on any atom is -0.465 e. The number of H-pyrrole nitrogens is 2. The van der Waals surface area contributed by atoms with E-state index in [0.29, 0.717) is 22.3 Å². The van der Waals surface area contributed by atoms with Gasteiger partial charge in [-0.15, -0.1) is 0 Å². The van der Waals surface area contributed by atoms with Crippen molar-refractivity contribution in [2.45, 2.75) is 6.42 Å². The van der Waals surface area contributed by atoms with E-state index in [1.165, 1.54) is 7.11 Å². The van der Waals surface area contributed by atoms with Crippen LogP contribution in [0.3, 0.4) is 0 Å². The molecule has 3 aromatic rings. The number of nitrogens with one attached hydrogen (secondary N) is 3. The normalized spacial score (nSPS) is 10.5. The lowest BCUT2D eigenvalue weighted by atomic mass is 10.1. The van der Waals surface area contributed by atoms with Crippen LogP contribution < -0.4 is 11.0 Å². The molecule has 0 unspecified atom stereocenters. The van der Waals surface area contributed by atoms with Gasteiger partial charge in [-0.2, -0.15) is 0 Å². The van der Waals surface area contributed by atoms with Gasteiger partial charge in [0.05, 0.1) is 35.8 Å². The van der Waals surface area contributed by atoms with Gasteiger partial charge < -0.3 is 20.0 Å². The SMILES string of the molecule is COC(=O)c1ccccc1NC(=O)Cc1ccc2[nH]c(=O)[nH]c2c1. The largest absolute Gasteiger partial charge is 0.465 e. The number of rotatable bonds is 4. The molecule has 0 aliphatic rings. The molecule has 0 fully saturated rings. The highest BCUT2D eigenvalue weighted by Crippen LogP contribution is 2.17. The molecule has 24 heavy (non-hydrogen) atoms. The number of aromatic nitrogens is 2. The van der Waals surface area contributed by atoms with Crippen LogP contribution in [0.15, 0.2) is 47.3 Å². The van der Waals surface area contributed by atoms with Gasteiger partial charge in [-0.3, -0.25) is 4.79 Å². The maximum absolute atomic E-state index is 12.2. The Balaban J connectivity index is 1.77. The van der Waals surface area contributed by atoms with E-state index in [0.717, 1.165) is 5.56 Å². The van der Waals surface area contributed by atoms with Crippen molar-refractivity contribution in [3.05, 3.63) is 64.1 Å². The van der Waals surface area contributed by atoms with E-state index in [2.05, 4.69) is 15.3 Å². The van der Waals surface area contributed by atoms with E-state index >= 15 is 0 Å². The number of carbonyl (C=O) groups is 2. The van der Waals surface area contributed by atoms with Gasteiger partial charge in [-0.1, -0.05) is 18.2 Å². The topological polar surface area (TPSA) is 104 Å². The van der Waals surface area contributed by atoms with Crippen LogP contribution in [0.5, 0.6) is 0 Å². The molecule has 2 aromatic carbocycles. The number of anilines is 1. The van der Waals surface area contributed by atoms with Crippen LogP contribution in [-0.2, 0) is 16.0 Å². The van der Waals surface area contributed by atoms with Gasteiger partial charge in [0.25, 0.3) is 0 Å². The van der Waals surface area contributed by atoms with Gasteiger partial charge in [-0.25, -0.2) is 9.59 Å². The molecule has 0 bridgehead atoms. The maximum atomic E-state index is 12.2. The number of imidazole rings is 1. The smallest absolute Gasteiger partial charge is 0.339 e. The van der Waals surface area contributed by atoms with Crippen molar-refractivity contribution in [2.24, 2.45) is 0 Å². The Morgan fingerprint density at radius 3 is 2.62 bits per heavy atom. The molecule has 1 amide bonds. The summed E-state index contributed by atoms with van der Waals surface area (Å²) in [6.07, 6.45) is 0.110. The molecule has 0 spiro atoms. The Morgan fingerprint density at radius 1 is 1.08 bits per heavy atom. The average Bonchev–Trinajstić information content (AvgIpc) is 2.94. The number of esters is 1. The number of carbonyl (C=O) groups excluding carboxylic acids is 2. The van der Waals surface area contributed by atoms with Gasteiger partial charge in [0, 0.05) is 0 Å². The predicted molar refractivity (Wildman–Crippen MR) is 89.0 cm³/mol. The summed E-state index contributed by atoms with van der Waals surface area (Å²) in [5.41, 5.74) is 2.45. The fraction of sp³-hybridized carbons (Fsp3) is 0.118. The molecule has 7 heteroatoms. The number of para-hydroxylation sites is 1. The van der Waals surface area contributed by atoms with Crippen LogP contribution in [0.4, 0.5) is 5.69 Å². The average molecular weight is 325 g/mol. The Bertz CT molecular complexity index is 971. The molecular formula is C17H15N3O4. The molecule has 1 heterocycles. The summed E-state index contributed by atoms with van der Waals surface area (Å²) in [5.74, 6) is -0.791. The molecular weight excluding hydrogens is 310 g/mol. The van der Waals surface area contributed by atoms with Crippen molar-refractivity contribution in [3.63, 3.8) is 0 Å². The van der Waals surface area contributed by atoms with E-state index in [1.807, 2.05) is 0 Å². The minimum absolute atomic E-state index is 0.110. The molecule has 7 nitrogen and oxygen atoms in total. The van der Waals surface area contributed by atoms with Gasteiger partial charge in [-0.05, 0) is 29.8 Å². The first-order chi connectivity index (χ1) is 11.6. The number of benzene rings is 2. The van der Waals surface area contributed by atoms with Crippen molar-refractivity contribution < 1.29 is 14.3 Å². The quantitative estimate of drug-likeness (QED) is 0.636. The van der Waals surface area contributed by atoms with Crippen LogP contribution in [-0.4, -0.2) is 29.0 Å². The van der Waals surface area contributed by atoms with E-state index in [1.54, 1.807) is 42.5 Å². The minimum atomic E-state index is -0.516. The molecule has 0 radical (unpaired) electrons. The first-order valence-electron chi connectivity index (χ1n) is 7.25. The molecule has 0 aliphatic carbocycles. The van der Waals surface area contributed by atoms with E-state index in [-0.39, 0.29) is 18.0 Å². The third-order valence-corrected chi connectivity index (χ3v) is 3.55. The second kappa shape index (κ2) is 6.41. The standard InChI is InChI=1S/C17H15N3O4/c1-24-16(22)11-4-2-3-5-12(11)18-15(21)9-10-6-7-13-14(8-10)20-17(23)19-13/h2-8H,9H2,1H3,(H,18,21)(H2,19,20,23). The Hall–Kier alpha value is -3.35. The summed E-state index contributed by atoms with van der Waals surface area (Å²) in [5, 5.41) is 2.71. The van der Waals surface area contributed by atoms with Crippen molar-refractivity contribution in [3.8, 4) is 0 Å². The zero-order valence-electron chi connectivity index (χ0n) is 12.9. The Labute approximate surface area is 136 Å². The van der Waals surface area contributed by atoms with Crippen molar-refractivity contribution in [1.82, 2.24) is 9.97 Å². The van der Waals surface area contributed by atoms with Crippen LogP contribution in [0, 0.1) is 0 Å². The van der Waals surface area contributed by atoms with E-state index < -0.39 is 5.97 Å². The number of ether oxygens (including phenoxy) is 1. The highest BCUT2D eigenvalue weighted by atomic mass is 16.5. The summed E-state index contributed by atoms with van der Waals surface area (Å²) in [6, 6.07) is 11.9. The third kappa shape index (κ3) is 3.19. The summed E-state index contributed by atoms with van der Waals surface area (Å²) >= 11 is 0. The maximum Gasteiger partial charge on any atom is 0.339 e. The fourth-order valence-corrected chi connectivity index (χ4v) is 2.45. The highest BCUT2D eigenvalue weighted by Gasteiger charge is 2.13. The summed E-state index contributed by atoms with van der Waals surface area (Å²) in [7, 11) is 1.29. The van der Waals surface area contributed by atoms with Crippen LogP contribution in [0.1, 0.15) is 15.9 Å². The van der Waals surface area contributed by atoms with E-state index in [9.17, 15) is 14.4 Å². The van der Waals surface area contributed by atoms with Crippen LogP contribution in [0.25, 0.3) is 11.0 Å². The lowest BCUT2D eigenvalue weighted by Gasteiger charge is -2.09. The number of hydrogen-bond acceptors (Lipinski definition) is 4. The van der Waals surface area contributed by atoms with Crippen molar-refractivity contribution >= 4 is 28.6 Å². The van der Waals surface area contributed by atoms with Crippen molar-refractivity contribution in [1.29, 1.82) is 0 Å². The molecule has 0 atom stereocenters. The van der Waals surface area contributed by atoms with Crippen LogP contribution >= 0.6 is 0 Å². The number of aromatic amines is 2. The first kappa shape index (κ1) is 15.5. The molecule has 0 aliphatic heterocycles. The second-order valence-electron chi connectivity index (χ2n) is 5.22. The predicted octanol–water partition coefficient (Wildman–Crippen LogP) is 1.82. The summed E-state index contributed by atoms with van der Waals surface area (Å²) in [6.45, 7) is 0. The Kier molecular flexibility index (Phi) is 4.15. The number of amides is 1. The lowest BCUT2D eigenvalue weighted by molar-refractivity contribution is -0.115. The fourth-order valence-electron chi connectivity index (χ4n) is 2.45. The molecule has 3 rings (SSSR count). The monoisotopic (exact) mass is 325 g/mol. The molecule has 3 N–H and O–H groups in total.